The van der Waals surface area contributed by atoms with Crippen LogP contribution in [-0.4, -0.2) is 73.1 Å². The van der Waals surface area contributed by atoms with E-state index in [1.807, 2.05) is 0 Å². The summed E-state index contributed by atoms with van der Waals surface area (Å²) >= 11 is 0. The number of phenols is 3. The normalized spacial score (nSPS) is 25.7. The zero-order valence-electron chi connectivity index (χ0n) is 16.3. The van der Waals surface area contributed by atoms with Gasteiger partial charge < -0.3 is 49.6 Å². The monoisotopic (exact) mass is 448 g/mol. The third kappa shape index (κ3) is 3.83. The van der Waals surface area contributed by atoms with Gasteiger partial charge in [-0.05, 0) is 18.2 Å². The van der Waals surface area contributed by atoms with Crippen molar-refractivity contribution in [3.8, 4) is 34.3 Å². The van der Waals surface area contributed by atoms with Crippen LogP contribution in [-0.2, 0) is 4.74 Å². The van der Waals surface area contributed by atoms with Gasteiger partial charge in [0.1, 0.15) is 52.6 Å². The van der Waals surface area contributed by atoms with Crippen molar-refractivity contribution >= 4 is 11.0 Å². The molecule has 0 unspecified atom stereocenters. The number of ether oxygens (including phenoxy) is 2. The van der Waals surface area contributed by atoms with Crippen molar-refractivity contribution in [2.24, 2.45) is 0 Å². The lowest BCUT2D eigenvalue weighted by Crippen LogP contribution is -2.60. The molecule has 0 spiro atoms. The molecule has 2 heterocycles. The van der Waals surface area contributed by atoms with Crippen LogP contribution in [0.15, 0.2) is 45.6 Å². The van der Waals surface area contributed by atoms with E-state index in [9.17, 15) is 40.5 Å². The van der Waals surface area contributed by atoms with Crippen molar-refractivity contribution in [3.63, 3.8) is 0 Å². The van der Waals surface area contributed by atoms with Gasteiger partial charge in [0.25, 0.3) is 0 Å². The maximum absolute atomic E-state index is 12.5. The lowest BCUT2D eigenvalue weighted by atomic mass is 9.99. The smallest absolute Gasteiger partial charge is 0.229 e. The maximum atomic E-state index is 12.5. The first-order chi connectivity index (χ1) is 15.2. The maximum Gasteiger partial charge on any atom is 0.229 e. The van der Waals surface area contributed by atoms with Crippen LogP contribution < -0.4 is 10.2 Å². The van der Waals surface area contributed by atoms with Crippen LogP contribution >= 0.6 is 0 Å². The zero-order chi connectivity index (χ0) is 23.2. The summed E-state index contributed by atoms with van der Waals surface area (Å²) in [4.78, 5) is 12.5. The topological polar surface area (TPSA) is 190 Å². The molecule has 2 aromatic carbocycles. The van der Waals surface area contributed by atoms with Gasteiger partial charge in [0, 0.05) is 23.8 Å². The number of aliphatic hydroxyl groups excluding tert-OH is 4. The standard InChI is InChI=1S/C21H20O11/c22-7-16-18(27)19(28)20(29)21(32-16)30-9-4-12(25)17-13(26)6-14(31-15(17)5-9)8-1-2-10(23)11(24)3-8/h1-6,16,18-25,27-29H,7H2/t16-,18+,19+,20-,21+/m1/s1. The number of rotatable bonds is 4. The van der Waals surface area contributed by atoms with Crippen LogP contribution in [0.1, 0.15) is 0 Å². The summed E-state index contributed by atoms with van der Waals surface area (Å²) in [6.45, 7) is -0.647. The summed E-state index contributed by atoms with van der Waals surface area (Å²) in [5.41, 5.74) is -0.413. The Hall–Kier alpha value is -3.35. The average Bonchev–Trinajstić information content (AvgIpc) is 2.75. The quantitative estimate of drug-likeness (QED) is 0.261. The number of fused-ring (bicyclic) bond motifs is 1. The molecule has 1 aromatic heterocycles. The molecule has 1 saturated heterocycles. The summed E-state index contributed by atoms with van der Waals surface area (Å²) in [7, 11) is 0. The molecule has 32 heavy (non-hydrogen) atoms. The van der Waals surface area contributed by atoms with Gasteiger partial charge in [-0.15, -0.1) is 0 Å². The summed E-state index contributed by atoms with van der Waals surface area (Å²) in [6.07, 6.45) is -7.61. The van der Waals surface area contributed by atoms with E-state index in [-0.39, 0.29) is 33.8 Å². The van der Waals surface area contributed by atoms with Gasteiger partial charge in [-0.1, -0.05) is 0 Å². The minimum absolute atomic E-state index is 0.0298. The summed E-state index contributed by atoms with van der Waals surface area (Å²) in [5.74, 6) is -1.34. The molecule has 0 bridgehead atoms. The second kappa shape index (κ2) is 8.30. The molecule has 1 fully saturated rings. The van der Waals surface area contributed by atoms with Gasteiger partial charge in [-0.25, -0.2) is 0 Å². The molecular formula is C21H20O11. The van der Waals surface area contributed by atoms with Gasteiger partial charge in [0.05, 0.1) is 6.61 Å². The van der Waals surface area contributed by atoms with E-state index in [4.69, 9.17) is 13.9 Å². The first-order valence-corrected chi connectivity index (χ1v) is 9.50. The summed E-state index contributed by atoms with van der Waals surface area (Å²) < 4.78 is 16.4. The van der Waals surface area contributed by atoms with Crippen LogP contribution in [0.3, 0.4) is 0 Å². The van der Waals surface area contributed by atoms with E-state index in [1.54, 1.807) is 0 Å². The highest BCUT2D eigenvalue weighted by atomic mass is 16.7. The molecule has 11 heteroatoms. The molecule has 3 aromatic rings. The predicted octanol–water partition coefficient (Wildman–Crippen LogP) is -0.245. The molecule has 5 atom stereocenters. The highest BCUT2D eigenvalue weighted by molar-refractivity contribution is 5.86. The Bertz CT molecular complexity index is 1200. The Morgan fingerprint density at radius 1 is 0.875 bits per heavy atom. The highest BCUT2D eigenvalue weighted by Gasteiger charge is 2.44. The van der Waals surface area contributed by atoms with E-state index < -0.39 is 54.2 Å². The summed E-state index contributed by atoms with van der Waals surface area (Å²) in [6, 6.07) is 7.23. The molecule has 1 aliphatic heterocycles. The van der Waals surface area contributed by atoms with Crippen molar-refractivity contribution in [2.75, 3.05) is 6.61 Å². The van der Waals surface area contributed by atoms with Gasteiger partial charge in [-0.2, -0.15) is 0 Å². The van der Waals surface area contributed by atoms with E-state index in [0.29, 0.717) is 0 Å². The van der Waals surface area contributed by atoms with Crippen LogP contribution in [0.2, 0.25) is 0 Å². The number of benzene rings is 2. The summed E-state index contributed by atoms with van der Waals surface area (Å²) in [5, 5.41) is 68.5. The third-order valence-corrected chi connectivity index (χ3v) is 5.14. The molecule has 0 saturated carbocycles. The fourth-order valence-corrected chi connectivity index (χ4v) is 3.43. The van der Waals surface area contributed by atoms with Gasteiger partial charge in [0.15, 0.2) is 16.9 Å². The van der Waals surface area contributed by atoms with Crippen LogP contribution in [0.5, 0.6) is 23.0 Å². The average molecular weight is 448 g/mol. The van der Waals surface area contributed by atoms with Gasteiger partial charge >= 0.3 is 0 Å². The largest absolute Gasteiger partial charge is 0.507 e. The van der Waals surface area contributed by atoms with Gasteiger partial charge in [0.2, 0.25) is 6.29 Å². The Morgan fingerprint density at radius 2 is 1.62 bits per heavy atom. The molecule has 0 radical (unpaired) electrons. The lowest BCUT2D eigenvalue weighted by Gasteiger charge is -2.39. The van der Waals surface area contributed by atoms with Crippen molar-refractivity contribution in [1.29, 1.82) is 0 Å². The Balaban J connectivity index is 1.72. The van der Waals surface area contributed by atoms with E-state index >= 15 is 0 Å². The molecule has 11 nitrogen and oxygen atoms in total. The number of aliphatic hydroxyl groups is 4. The molecule has 170 valence electrons. The minimum Gasteiger partial charge on any atom is -0.507 e. The molecule has 0 amide bonds. The molecule has 1 aliphatic rings. The van der Waals surface area contributed by atoms with Gasteiger partial charge in [-0.3, -0.25) is 4.79 Å². The third-order valence-electron chi connectivity index (χ3n) is 5.14. The van der Waals surface area contributed by atoms with Crippen molar-refractivity contribution in [1.82, 2.24) is 0 Å². The van der Waals surface area contributed by atoms with Crippen LogP contribution in [0.25, 0.3) is 22.3 Å². The van der Waals surface area contributed by atoms with E-state index in [1.165, 1.54) is 24.3 Å². The van der Waals surface area contributed by atoms with E-state index in [2.05, 4.69) is 0 Å². The predicted molar refractivity (Wildman–Crippen MR) is 107 cm³/mol. The second-order valence-corrected chi connectivity index (χ2v) is 7.31. The number of hydrogen-bond acceptors (Lipinski definition) is 11. The van der Waals surface area contributed by atoms with Crippen molar-refractivity contribution in [2.45, 2.75) is 30.7 Å². The number of phenolic OH excluding ortho intramolecular Hbond substituents is 3. The number of hydrogen-bond donors (Lipinski definition) is 7. The fourth-order valence-electron chi connectivity index (χ4n) is 3.43. The first kappa shape index (κ1) is 21.9. The van der Waals surface area contributed by atoms with Crippen LogP contribution in [0, 0.1) is 0 Å². The molecule has 7 N–H and O–H groups in total. The lowest BCUT2D eigenvalue weighted by molar-refractivity contribution is -0.277. The van der Waals surface area contributed by atoms with Crippen LogP contribution in [0.4, 0.5) is 0 Å². The Kier molecular flexibility index (Phi) is 5.67. The zero-order valence-corrected chi connectivity index (χ0v) is 16.3. The molecule has 0 aliphatic carbocycles. The Labute approximate surface area is 179 Å². The fraction of sp³-hybridized carbons (Fsp3) is 0.286. The SMILES string of the molecule is O=c1cc(-c2ccc(O)c(O)c2)oc2cc(O[C@H]3O[C@H](CO)[C@H](O)[C@H](O)[C@H]3O)cc(O)c12. The van der Waals surface area contributed by atoms with E-state index in [0.717, 1.165) is 12.1 Å². The number of aromatic hydroxyl groups is 3. The van der Waals surface area contributed by atoms with Crippen molar-refractivity contribution < 1.29 is 49.6 Å². The van der Waals surface area contributed by atoms with Crippen molar-refractivity contribution in [3.05, 3.63) is 46.6 Å². The minimum atomic E-state index is -1.68. The highest BCUT2D eigenvalue weighted by Crippen LogP contribution is 2.35. The second-order valence-electron chi connectivity index (χ2n) is 7.31. The first-order valence-electron chi connectivity index (χ1n) is 9.50. The molecule has 4 rings (SSSR count). The Morgan fingerprint density at radius 3 is 2.31 bits per heavy atom. The molecular weight excluding hydrogens is 428 g/mol.